The van der Waals surface area contributed by atoms with Gasteiger partial charge in [-0.2, -0.15) is 0 Å². The fourth-order valence-electron chi connectivity index (χ4n) is 3.00. The topological polar surface area (TPSA) is 48.7 Å². The van der Waals surface area contributed by atoms with E-state index < -0.39 is 0 Å². The molecule has 1 aromatic heterocycles. The van der Waals surface area contributed by atoms with Gasteiger partial charge in [-0.25, -0.2) is 4.79 Å². The molecule has 0 bridgehead atoms. The van der Waals surface area contributed by atoms with Gasteiger partial charge in [0.15, 0.2) is 0 Å². The molecule has 0 amide bonds. The lowest BCUT2D eigenvalue weighted by atomic mass is 10.1. The third kappa shape index (κ3) is 4.23. The summed E-state index contributed by atoms with van der Waals surface area (Å²) in [6, 6.07) is 24.7. The van der Waals surface area contributed by atoms with Crippen LogP contribution in [0.25, 0.3) is 11.0 Å². The molecule has 0 spiro atoms. The van der Waals surface area contributed by atoms with Crippen LogP contribution in [0.1, 0.15) is 16.7 Å². The monoisotopic (exact) mass is 372 g/mol. The quantitative estimate of drug-likeness (QED) is 0.433. The van der Waals surface area contributed by atoms with Crippen molar-refractivity contribution in [3.8, 4) is 11.5 Å². The van der Waals surface area contributed by atoms with Crippen LogP contribution in [0.3, 0.4) is 0 Å². The molecule has 0 fully saturated rings. The minimum absolute atomic E-state index is 0.287. The van der Waals surface area contributed by atoms with Gasteiger partial charge < -0.3 is 13.9 Å². The van der Waals surface area contributed by atoms with Crippen molar-refractivity contribution in [2.75, 3.05) is 0 Å². The minimum Gasteiger partial charge on any atom is -0.489 e. The lowest BCUT2D eigenvalue weighted by Gasteiger charge is -2.10. The first kappa shape index (κ1) is 17.9. The fraction of sp³-hybridized carbons (Fsp3) is 0.125. The van der Waals surface area contributed by atoms with E-state index in [2.05, 4.69) is 0 Å². The van der Waals surface area contributed by atoms with Crippen LogP contribution in [0, 0.1) is 6.92 Å². The van der Waals surface area contributed by atoms with Gasteiger partial charge in [0.2, 0.25) is 0 Å². The smallest absolute Gasteiger partial charge is 0.336 e. The Bertz CT molecular complexity index is 1130. The Labute approximate surface area is 163 Å². The van der Waals surface area contributed by atoms with Crippen LogP contribution >= 0.6 is 0 Å². The Morgan fingerprint density at radius 2 is 1.46 bits per heavy atom. The van der Waals surface area contributed by atoms with Crippen LogP contribution in [0.2, 0.25) is 0 Å². The average Bonchev–Trinajstić information content (AvgIpc) is 2.72. The zero-order valence-corrected chi connectivity index (χ0v) is 15.6. The number of aryl methyl sites for hydroxylation is 1. The summed E-state index contributed by atoms with van der Waals surface area (Å²) in [6.45, 7) is 2.81. The average molecular weight is 372 g/mol. The highest BCUT2D eigenvalue weighted by Crippen LogP contribution is 2.22. The van der Waals surface area contributed by atoms with E-state index in [1.807, 2.05) is 79.7 Å². The molecule has 0 radical (unpaired) electrons. The largest absolute Gasteiger partial charge is 0.489 e. The Morgan fingerprint density at radius 3 is 2.18 bits per heavy atom. The Morgan fingerprint density at radius 1 is 0.786 bits per heavy atom. The van der Waals surface area contributed by atoms with Crippen LogP contribution in [0.5, 0.6) is 11.5 Å². The van der Waals surface area contributed by atoms with Crippen molar-refractivity contribution in [3.05, 3.63) is 106 Å². The van der Waals surface area contributed by atoms with Crippen molar-refractivity contribution in [2.24, 2.45) is 0 Å². The zero-order valence-electron chi connectivity index (χ0n) is 15.6. The van der Waals surface area contributed by atoms with Crippen LogP contribution in [0.4, 0.5) is 0 Å². The Kier molecular flexibility index (Phi) is 5.11. The van der Waals surface area contributed by atoms with Gasteiger partial charge in [0.25, 0.3) is 0 Å². The third-order valence-corrected chi connectivity index (χ3v) is 4.45. The van der Waals surface area contributed by atoms with E-state index in [1.54, 1.807) is 0 Å². The molecule has 0 saturated heterocycles. The predicted octanol–water partition coefficient (Wildman–Crippen LogP) is 5.26. The summed E-state index contributed by atoms with van der Waals surface area (Å²) >= 11 is 0. The maximum atomic E-state index is 11.8. The molecule has 0 aliphatic carbocycles. The second kappa shape index (κ2) is 8.01. The molecular weight excluding hydrogens is 352 g/mol. The molecule has 0 unspecified atom stereocenters. The van der Waals surface area contributed by atoms with Crippen molar-refractivity contribution in [2.45, 2.75) is 20.1 Å². The number of benzene rings is 3. The Balaban J connectivity index is 1.43. The number of hydrogen-bond donors (Lipinski definition) is 0. The lowest BCUT2D eigenvalue weighted by Crippen LogP contribution is -2.04. The van der Waals surface area contributed by atoms with Crippen molar-refractivity contribution >= 4 is 11.0 Å². The van der Waals surface area contributed by atoms with E-state index in [0.717, 1.165) is 27.8 Å². The van der Waals surface area contributed by atoms with Gasteiger partial charge in [-0.15, -0.1) is 0 Å². The van der Waals surface area contributed by atoms with Gasteiger partial charge in [0.05, 0.1) is 0 Å². The third-order valence-electron chi connectivity index (χ3n) is 4.45. The van der Waals surface area contributed by atoms with Crippen molar-refractivity contribution in [1.29, 1.82) is 0 Å². The Hall–Kier alpha value is -3.53. The highest BCUT2D eigenvalue weighted by molar-refractivity contribution is 5.80. The molecule has 0 saturated carbocycles. The maximum Gasteiger partial charge on any atom is 0.336 e. The first-order valence-electron chi connectivity index (χ1n) is 9.10. The number of ether oxygens (including phenoxy) is 2. The van der Waals surface area contributed by atoms with Crippen LogP contribution in [-0.4, -0.2) is 0 Å². The molecule has 0 N–H and O–H groups in total. The van der Waals surface area contributed by atoms with Crippen LogP contribution in [-0.2, 0) is 13.2 Å². The van der Waals surface area contributed by atoms with Gasteiger partial charge in [-0.1, -0.05) is 42.0 Å². The van der Waals surface area contributed by atoms with Crippen molar-refractivity contribution in [1.82, 2.24) is 0 Å². The highest BCUT2D eigenvalue weighted by Gasteiger charge is 2.07. The molecule has 28 heavy (non-hydrogen) atoms. The standard InChI is InChI=1S/C24H20O4/c1-17-7-12-23-22(13-17)19(14-24(25)28-23)16-27-21-10-8-20(9-11-21)26-15-18-5-3-2-4-6-18/h2-14H,15-16H2,1H3. The van der Waals surface area contributed by atoms with Gasteiger partial charge >= 0.3 is 5.63 Å². The van der Waals surface area contributed by atoms with E-state index >= 15 is 0 Å². The number of rotatable bonds is 6. The minimum atomic E-state index is -0.375. The van der Waals surface area contributed by atoms with Gasteiger partial charge in [-0.3, -0.25) is 0 Å². The zero-order chi connectivity index (χ0) is 19.3. The van der Waals surface area contributed by atoms with E-state index in [1.165, 1.54) is 6.07 Å². The summed E-state index contributed by atoms with van der Waals surface area (Å²) in [4.78, 5) is 11.8. The molecule has 3 aromatic carbocycles. The fourth-order valence-corrected chi connectivity index (χ4v) is 3.00. The summed E-state index contributed by atoms with van der Waals surface area (Å²) in [5.41, 5.74) is 3.22. The lowest BCUT2D eigenvalue weighted by molar-refractivity contribution is 0.297. The molecule has 4 heteroatoms. The van der Waals surface area contributed by atoms with Crippen molar-refractivity contribution in [3.63, 3.8) is 0 Å². The summed E-state index contributed by atoms with van der Waals surface area (Å²) < 4.78 is 16.9. The first-order chi connectivity index (χ1) is 13.7. The molecule has 140 valence electrons. The van der Waals surface area contributed by atoms with Crippen LogP contribution in [0.15, 0.2) is 88.1 Å². The molecule has 1 heterocycles. The molecule has 4 aromatic rings. The van der Waals surface area contributed by atoms with Gasteiger partial charge in [0, 0.05) is 17.0 Å². The summed E-state index contributed by atoms with van der Waals surface area (Å²) in [5.74, 6) is 1.48. The molecule has 4 rings (SSSR count). The number of hydrogen-bond acceptors (Lipinski definition) is 4. The molecule has 4 nitrogen and oxygen atoms in total. The molecule has 0 atom stereocenters. The van der Waals surface area contributed by atoms with E-state index in [9.17, 15) is 4.79 Å². The second-order valence-electron chi connectivity index (χ2n) is 6.62. The first-order valence-corrected chi connectivity index (χ1v) is 9.10. The maximum absolute atomic E-state index is 11.8. The predicted molar refractivity (Wildman–Crippen MR) is 109 cm³/mol. The van der Waals surface area contributed by atoms with E-state index in [-0.39, 0.29) is 12.2 Å². The second-order valence-corrected chi connectivity index (χ2v) is 6.62. The summed E-state index contributed by atoms with van der Waals surface area (Å²) in [7, 11) is 0. The van der Waals surface area contributed by atoms with Gasteiger partial charge in [0.1, 0.15) is 30.3 Å². The molecule has 0 aliphatic rings. The van der Waals surface area contributed by atoms with Gasteiger partial charge in [-0.05, 0) is 48.9 Å². The molecular formula is C24H20O4. The molecule has 0 aliphatic heterocycles. The summed E-state index contributed by atoms with van der Waals surface area (Å²) in [5, 5.41) is 0.891. The SMILES string of the molecule is Cc1ccc2oc(=O)cc(COc3ccc(OCc4ccccc4)cc3)c2c1. The van der Waals surface area contributed by atoms with Crippen LogP contribution < -0.4 is 15.1 Å². The van der Waals surface area contributed by atoms with E-state index in [0.29, 0.717) is 17.9 Å². The normalized spacial score (nSPS) is 10.8. The highest BCUT2D eigenvalue weighted by atomic mass is 16.5. The summed E-state index contributed by atoms with van der Waals surface area (Å²) in [6.07, 6.45) is 0. The van der Waals surface area contributed by atoms with Crippen molar-refractivity contribution < 1.29 is 13.9 Å². The number of fused-ring (bicyclic) bond motifs is 1. The van der Waals surface area contributed by atoms with E-state index in [4.69, 9.17) is 13.9 Å².